The van der Waals surface area contributed by atoms with Crippen LogP contribution in [0.15, 0.2) is 46.1 Å². The van der Waals surface area contributed by atoms with Crippen LogP contribution in [0.25, 0.3) is 11.0 Å². The van der Waals surface area contributed by atoms with Gasteiger partial charge in [0.05, 0.1) is 47.2 Å². The number of hydrogen-bond donors (Lipinski definition) is 10. The van der Waals surface area contributed by atoms with Gasteiger partial charge in [-0.2, -0.15) is 4.37 Å². The first-order valence-electron chi connectivity index (χ1n) is 16.5. The van der Waals surface area contributed by atoms with Gasteiger partial charge in [-0.05, 0) is 48.8 Å². The number of fused-ring (bicyclic) bond motifs is 1. The third-order valence-electron chi connectivity index (χ3n) is 6.71. The van der Waals surface area contributed by atoms with Crippen LogP contribution in [-0.2, 0) is 23.9 Å². The second-order valence-corrected chi connectivity index (χ2v) is 13.6. The van der Waals surface area contributed by atoms with Crippen LogP contribution in [-0.4, -0.2) is 161 Å². The van der Waals surface area contributed by atoms with Crippen LogP contribution in [0.2, 0.25) is 0 Å². The van der Waals surface area contributed by atoms with Gasteiger partial charge in [-0.1, -0.05) is 0 Å². The van der Waals surface area contributed by atoms with E-state index in [1.165, 1.54) is 0 Å². The molecule has 0 amide bonds. The number of aromatic nitrogens is 4. The van der Waals surface area contributed by atoms with E-state index in [1.807, 2.05) is 12.1 Å². The summed E-state index contributed by atoms with van der Waals surface area (Å²) < 4.78 is 20.3. The number of morpholine rings is 1. The van der Waals surface area contributed by atoms with E-state index in [-0.39, 0.29) is 12.1 Å². The number of aliphatic carboxylic acids is 4. The topological polar surface area (TPSA) is 332 Å². The Balaban J connectivity index is 0.000000277. The predicted octanol–water partition coefficient (Wildman–Crippen LogP) is -0.145. The number of hydrogen-bond acceptors (Lipinski definition) is 19. The monoisotopic (exact) mass is 873 g/mol. The lowest BCUT2D eigenvalue weighted by Gasteiger charge is -2.27. The highest BCUT2D eigenvalue weighted by Gasteiger charge is 2.29. The number of β-amino-alcohol motifs (C(OH)–C–C–N with tert-alkyl or cyclic N) is 1. The van der Waals surface area contributed by atoms with E-state index in [1.54, 1.807) is 12.4 Å². The van der Waals surface area contributed by atoms with Crippen molar-refractivity contribution < 1.29 is 64.4 Å². The van der Waals surface area contributed by atoms with E-state index >= 15 is 0 Å². The number of nitrogens with one attached hydrogen (secondary N) is 3. The summed E-state index contributed by atoms with van der Waals surface area (Å²) in [5, 5.41) is 67.7. The number of ether oxygens (including phenoxy) is 2. The lowest BCUT2D eigenvalue weighted by atomic mass is 10.1. The molecule has 0 spiro atoms. The molecule has 24 heteroatoms. The molecular formula is C32H44BrN9O13S. The zero-order chi connectivity index (χ0) is 41.8. The first-order valence-corrected chi connectivity index (χ1v) is 18.0. The largest absolute Gasteiger partial charge is 0.479 e. The molecule has 1 aromatic carbocycles. The Morgan fingerprint density at radius 1 is 0.982 bits per heavy atom. The van der Waals surface area contributed by atoms with Gasteiger partial charge in [0.25, 0.3) is 5.88 Å². The number of carboxylic acid groups (broad SMARTS) is 4. The maximum Gasteiger partial charge on any atom is 0.335 e. The van der Waals surface area contributed by atoms with Crippen LogP contribution in [0.3, 0.4) is 0 Å². The first kappa shape index (κ1) is 47.0. The molecule has 0 unspecified atom stereocenters. The minimum atomic E-state index is -2.27. The fraction of sp³-hybridized carbons (Fsp3) is 0.469. The molecule has 10 N–H and O–H groups in total. The molecule has 2 aliphatic heterocycles. The van der Waals surface area contributed by atoms with Crippen molar-refractivity contribution in [2.45, 2.75) is 44.6 Å². The fourth-order valence-corrected chi connectivity index (χ4v) is 5.07. The number of aliphatic imine (C=N–C) groups is 1. The van der Waals surface area contributed by atoms with Crippen LogP contribution in [0.4, 0.5) is 11.5 Å². The Kier molecular flexibility index (Phi) is 19.9. The Hall–Kier alpha value is -5.11. The molecule has 2 aliphatic rings. The van der Waals surface area contributed by atoms with Crippen LogP contribution in [0, 0.1) is 0 Å². The number of anilines is 2. The minimum Gasteiger partial charge on any atom is -0.479 e. The maximum atomic E-state index is 9.95. The summed E-state index contributed by atoms with van der Waals surface area (Å²) >= 11 is 4.67. The molecular weight excluding hydrogens is 830 g/mol. The van der Waals surface area contributed by atoms with Crippen molar-refractivity contribution in [3.8, 4) is 5.88 Å². The van der Waals surface area contributed by atoms with Crippen molar-refractivity contribution >= 4 is 80.0 Å². The lowest BCUT2D eigenvalue weighted by Crippen LogP contribution is -2.42. The van der Waals surface area contributed by atoms with Crippen molar-refractivity contribution in [2.75, 3.05) is 62.8 Å². The third kappa shape index (κ3) is 17.6. The van der Waals surface area contributed by atoms with E-state index < -0.39 is 42.2 Å². The molecule has 0 aliphatic carbocycles. The molecule has 0 saturated carbocycles. The van der Waals surface area contributed by atoms with Gasteiger partial charge in [0.1, 0.15) is 18.2 Å². The summed E-state index contributed by atoms with van der Waals surface area (Å²) in [6, 6.07) is 3.90. The predicted molar refractivity (Wildman–Crippen MR) is 205 cm³/mol. The fourth-order valence-electron chi connectivity index (χ4n) is 4.01. The van der Waals surface area contributed by atoms with Gasteiger partial charge in [0.2, 0.25) is 5.82 Å². The summed E-state index contributed by atoms with van der Waals surface area (Å²) in [7, 11) is 0. The highest BCUT2D eigenvalue weighted by Crippen LogP contribution is 2.29. The van der Waals surface area contributed by atoms with Gasteiger partial charge in [0, 0.05) is 56.3 Å². The molecule has 1 fully saturated rings. The summed E-state index contributed by atoms with van der Waals surface area (Å²) in [5.74, 6) is -4.01. The van der Waals surface area contributed by atoms with Gasteiger partial charge in [-0.15, -0.1) is 4.37 Å². The highest BCUT2D eigenvalue weighted by atomic mass is 79.9. The van der Waals surface area contributed by atoms with Crippen molar-refractivity contribution in [1.29, 1.82) is 0 Å². The van der Waals surface area contributed by atoms with E-state index in [0.29, 0.717) is 37.8 Å². The molecule has 0 radical (unpaired) electrons. The van der Waals surface area contributed by atoms with Crippen molar-refractivity contribution in [3.05, 3.63) is 41.2 Å². The first-order chi connectivity index (χ1) is 26.4. The summed E-state index contributed by atoms with van der Waals surface area (Å²) in [5.41, 5.74) is 2.62. The molecule has 1 saturated heterocycles. The summed E-state index contributed by atoms with van der Waals surface area (Å²) in [6.07, 6.45) is -0.629. The molecule has 56 heavy (non-hydrogen) atoms. The standard InChI is InChI=1S/C13H24N4O3S.C11H10BrN5.C4H6O6.C4H4O4/c1-13(2,3)14-8-10(18)9-20-12-11(15-21-16-12)17-4-6-19-7-5-17;12-9-7(17-11-15-5-6-16-11)1-2-8-10(9)14-4-3-13-8;5-1(3(7)8)2(6)4(9)10;5-3(6)1-2-4(7)8/h10,14,18H,4-9H2,1-3H3;1-4H,5-6H2,(H2,15,16,17);1-2,5-6H,(H,7,8)(H,9,10);1-2H,(H,5,6)(H,7,8)/b;;;2-1-/t10-;;1-,2-;/m0.1./s1. The number of aliphatic hydroxyl groups excluding tert-OH is 3. The van der Waals surface area contributed by atoms with E-state index in [4.69, 9.17) is 40.1 Å². The van der Waals surface area contributed by atoms with E-state index in [0.717, 1.165) is 70.9 Å². The SMILES string of the molecule is Brc1c(NC2=NCCN2)ccc2nccnc12.CC(C)(C)NC[C@H](O)COc1nsnc1N1CCOCC1.O=C(O)/C=C\C(=O)O.O=C(O)[C@H](O)[C@@H](O)C(=O)O. The van der Waals surface area contributed by atoms with Gasteiger partial charge >= 0.3 is 23.9 Å². The number of benzene rings is 1. The summed E-state index contributed by atoms with van der Waals surface area (Å²) in [4.78, 5) is 53.6. The second kappa shape index (κ2) is 23.7. The molecule has 2 aromatic heterocycles. The number of nitrogens with zero attached hydrogens (tertiary/aromatic N) is 6. The van der Waals surface area contributed by atoms with Crippen molar-refractivity contribution in [1.82, 2.24) is 29.3 Å². The summed E-state index contributed by atoms with van der Waals surface area (Å²) in [6.45, 7) is 11.5. The zero-order valence-corrected chi connectivity index (χ0v) is 32.8. The highest BCUT2D eigenvalue weighted by molar-refractivity contribution is 9.10. The molecule has 3 atom stereocenters. The number of aliphatic hydroxyl groups is 3. The lowest BCUT2D eigenvalue weighted by molar-refractivity contribution is -0.165. The number of carbonyl (C=O) groups is 4. The third-order valence-corrected chi connectivity index (χ3v) is 8.02. The Labute approximate surface area is 332 Å². The number of guanidine groups is 1. The van der Waals surface area contributed by atoms with Crippen LogP contribution in [0.1, 0.15) is 20.8 Å². The number of carboxylic acids is 4. The maximum absolute atomic E-state index is 9.95. The average molecular weight is 875 g/mol. The smallest absolute Gasteiger partial charge is 0.335 e. The second-order valence-electron chi connectivity index (χ2n) is 12.3. The van der Waals surface area contributed by atoms with E-state index in [9.17, 15) is 24.3 Å². The normalized spacial score (nSPS) is 15.3. The van der Waals surface area contributed by atoms with Gasteiger partial charge in [-0.25, -0.2) is 19.2 Å². The van der Waals surface area contributed by atoms with Crippen molar-refractivity contribution in [3.63, 3.8) is 0 Å². The number of halogens is 1. The Morgan fingerprint density at radius 2 is 1.59 bits per heavy atom. The van der Waals surface area contributed by atoms with Crippen LogP contribution >= 0.6 is 27.7 Å². The zero-order valence-electron chi connectivity index (χ0n) is 30.4. The average Bonchev–Trinajstić information content (AvgIpc) is 3.86. The Bertz CT molecular complexity index is 1770. The quantitative estimate of drug-likeness (QED) is 0.106. The molecule has 3 aromatic rings. The van der Waals surface area contributed by atoms with Crippen LogP contribution in [0.5, 0.6) is 5.88 Å². The molecule has 5 rings (SSSR count). The Morgan fingerprint density at radius 3 is 2.12 bits per heavy atom. The number of rotatable bonds is 12. The minimum absolute atomic E-state index is 0.0257. The van der Waals surface area contributed by atoms with Gasteiger partial charge in [-0.3, -0.25) is 15.0 Å². The van der Waals surface area contributed by atoms with Crippen LogP contribution < -0.4 is 25.6 Å². The van der Waals surface area contributed by atoms with E-state index in [2.05, 4.69) is 81.3 Å². The molecule has 308 valence electrons. The molecule has 22 nitrogen and oxygen atoms in total. The molecule has 0 bridgehead atoms. The van der Waals surface area contributed by atoms with Gasteiger partial charge < -0.3 is 66.1 Å². The van der Waals surface area contributed by atoms with Gasteiger partial charge in [0.15, 0.2) is 18.2 Å². The molecule has 4 heterocycles. The van der Waals surface area contributed by atoms with Crippen molar-refractivity contribution in [2.24, 2.45) is 4.99 Å².